The minimum absolute atomic E-state index is 0.0500. The molecule has 0 bridgehead atoms. The number of hydrogen-bond acceptors (Lipinski definition) is 5. The molecule has 176 valence electrons. The van der Waals surface area contributed by atoms with Crippen molar-refractivity contribution in [3.63, 3.8) is 0 Å². The van der Waals surface area contributed by atoms with Crippen LogP contribution >= 0.6 is 0 Å². The molecular formula is C27H28FN3O3. The number of aryl methyl sites for hydroxylation is 1. The third-order valence-corrected chi connectivity index (χ3v) is 6.47. The van der Waals surface area contributed by atoms with Crippen LogP contribution in [-0.4, -0.2) is 50.3 Å². The molecule has 3 aromatic carbocycles. The van der Waals surface area contributed by atoms with Crippen molar-refractivity contribution in [2.75, 3.05) is 44.4 Å². The van der Waals surface area contributed by atoms with E-state index in [0.717, 1.165) is 35.7 Å². The molecule has 1 fully saturated rings. The number of rotatable bonds is 6. The van der Waals surface area contributed by atoms with Crippen LogP contribution < -0.4 is 19.7 Å². The third kappa shape index (κ3) is 4.70. The van der Waals surface area contributed by atoms with Gasteiger partial charge in [0.05, 0.1) is 11.7 Å². The number of benzene rings is 3. The smallest absolute Gasteiger partial charge is 0.251 e. The average Bonchev–Trinajstić information content (AvgIpc) is 3.33. The van der Waals surface area contributed by atoms with Crippen molar-refractivity contribution in [3.8, 4) is 11.5 Å². The van der Waals surface area contributed by atoms with Crippen molar-refractivity contribution in [2.45, 2.75) is 13.0 Å². The fourth-order valence-corrected chi connectivity index (χ4v) is 4.64. The first-order valence-electron chi connectivity index (χ1n) is 11.6. The first-order valence-corrected chi connectivity index (χ1v) is 11.6. The Bertz CT molecular complexity index is 1180. The van der Waals surface area contributed by atoms with Crippen LogP contribution in [0.2, 0.25) is 0 Å². The minimum atomic E-state index is -0.200. The van der Waals surface area contributed by atoms with Gasteiger partial charge >= 0.3 is 0 Å². The summed E-state index contributed by atoms with van der Waals surface area (Å²) in [6.07, 6.45) is 0. The molecule has 0 radical (unpaired) electrons. The highest BCUT2D eigenvalue weighted by Crippen LogP contribution is 2.36. The predicted octanol–water partition coefficient (Wildman–Crippen LogP) is 4.16. The van der Waals surface area contributed by atoms with Crippen LogP contribution in [0.25, 0.3) is 0 Å². The number of anilines is 1. The zero-order valence-electron chi connectivity index (χ0n) is 19.2. The van der Waals surface area contributed by atoms with E-state index in [1.54, 1.807) is 6.07 Å². The molecule has 1 N–H and O–H groups in total. The summed E-state index contributed by atoms with van der Waals surface area (Å²) in [6, 6.07) is 20.4. The monoisotopic (exact) mass is 461 g/mol. The summed E-state index contributed by atoms with van der Waals surface area (Å²) in [4.78, 5) is 17.3. The lowest BCUT2D eigenvalue weighted by Crippen LogP contribution is -2.50. The van der Waals surface area contributed by atoms with Crippen molar-refractivity contribution >= 4 is 11.6 Å². The summed E-state index contributed by atoms with van der Waals surface area (Å²) in [5, 5.41) is 3.12. The second-order valence-electron chi connectivity index (χ2n) is 8.68. The van der Waals surface area contributed by atoms with E-state index in [0.29, 0.717) is 30.9 Å². The summed E-state index contributed by atoms with van der Waals surface area (Å²) in [7, 11) is 0. The molecule has 1 saturated heterocycles. The van der Waals surface area contributed by atoms with Gasteiger partial charge in [-0.15, -0.1) is 0 Å². The number of piperazine rings is 1. The number of nitrogens with one attached hydrogen (secondary N) is 1. The summed E-state index contributed by atoms with van der Waals surface area (Å²) < 4.78 is 25.4. The molecule has 0 aromatic heterocycles. The Morgan fingerprint density at radius 3 is 2.56 bits per heavy atom. The molecule has 3 aromatic rings. The number of para-hydroxylation sites is 1. The van der Waals surface area contributed by atoms with Crippen molar-refractivity contribution in [3.05, 3.63) is 89.2 Å². The van der Waals surface area contributed by atoms with E-state index < -0.39 is 0 Å². The summed E-state index contributed by atoms with van der Waals surface area (Å²) in [6.45, 7) is 5.53. The van der Waals surface area contributed by atoms with E-state index in [4.69, 9.17) is 9.47 Å². The number of carbonyl (C=O) groups excluding carboxylic acids is 1. The Morgan fingerprint density at radius 2 is 1.76 bits per heavy atom. The Labute approximate surface area is 198 Å². The van der Waals surface area contributed by atoms with Gasteiger partial charge in [0, 0.05) is 38.3 Å². The van der Waals surface area contributed by atoms with Gasteiger partial charge in [0.1, 0.15) is 5.82 Å². The number of fused-ring (bicyclic) bond motifs is 1. The highest BCUT2D eigenvalue weighted by molar-refractivity contribution is 5.94. The topological polar surface area (TPSA) is 54.0 Å². The molecule has 34 heavy (non-hydrogen) atoms. The molecule has 6 nitrogen and oxygen atoms in total. The van der Waals surface area contributed by atoms with Crippen LogP contribution in [0, 0.1) is 12.7 Å². The maximum Gasteiger partial charge on any atom is 0.251 e. The lowest BCUT2D eigenvalue weighted by molar-refractivity contribution is 0.0930. The summed E-state index contributed by atoms with van der Waals surface area (Å²) in [5.41, 5.74) is 3.38. The third-order valence-electron chi connectivity index (χ3n) is 6.47. The number of halogens is 1. The normalized spacial score (nSPS) is 16.4. The van der Waals surface area contributed by atoms with Gasteiger partial charge in [-0.2, -0.15) is 0 Å². The van der Waals surface area contributed by atoms with Gasteiger partial charge < -0.3 is 19.7 Å². The molecule has 1 amide bonds. The predicted molar refractivity (Wildman–Crippen MR) is 129 cm³/mol. The second-order valence-corrected chi connectivity index (χ2v) is 8.68. The van der Waals surface area contributed by atoms with Gasteiger partial charge in [-0.05, 0) is 48.9 Å². The van der Waals surface area contributed by atoms with Gasteiger partial charge in [-0.3, -0.25) is 9.69 Å². The van der Waals surface area contributed by atoms with Crippen molar-refractivity contribution < 1.29 is 18.7 Å². The van der Waals surface area contributed by atoms with Gasteiger partial charge in [-0.25, -0.2) is 4.39 Å². The van der Waals surface area contributed by atoms with Crippen LogP contribution in [0.5, 0.6) is 11.5 Å². The number of hydrogen-bond donors (Lipinski definition) is 1. The Balaban J connectivity index is 1.33. The average molecular weight is 462 g/mol. The van der Waals surface area contributed by atoms with Crippen LogP contribution in [-0.2, 0) is 0 Å². The molecule has 0 spiro atoms. The standard InChI is InChI=1S/C27H28FN3O3/c1-19-5-4-6-21(15-19)27(32)29-17-24(20-9-10-25-26(16-20)34-18-33-25)31-13-11-30(12-14-31)23-8-3-2-7-22(23)28/h2-10,15-16,24H,11-14,17-18H2,1H3,(H,29,32)/t24-/m1/s1. The Hall–Kier alpha value is -3.58. The molecular weight excluding hydrogens is 433 g/mol. The molecule has 2 heterocycles. The second kappa shape index (κ2) is 9.73. The van der Waals surface area contributed by atoms with Crippen LogP contribution in [0.1, 0.15) is 27.5 Å². The van der Waals surface area contributed by atoms with Crippen molar-refractivity contribution in [2.24, 2.45) is 0 Å². The lowest BCUT2D eigenvalue weighted by atomic mass is 10.0. The van der Waals surface area contributed by atoms with E-state index in [2.05, 4.69) is 15.1 Å². The van der Waals surface area contributed by atoms with E-state index in [1.807, 2.05) is 61.5 Å². The van der Waals surface area contributed by atoms with Gasteiger partial charge in [0.2, 0.25) is 6.79 Å². The number of nitrogens with zero attached hydrogens (tertiary/aromatic N) is 2. The fourth-order valence-electron chi connectivity index (χ4n) is 4.64. The minimum Gasteiger partial charge on any atom is -0.454 e. The van der Waals surface area contributed by atoms with Crippen molar-refractivity contribution in [1.29, 1.82) is 0 Å². The molecule has 1 atom stereocenters. The largest absolute Gasteiger partial charge is 0.454 e. The molecule has 0 aliphatic carbocycles. The molecule has 2 aliphatic rings. The van der Waals surface area contributed by atoms with E-state index in [1.165, 1.54) is 6.07 Å². The summed E-state index contributed by atoms with van der Waals surface area (Å²) in [5.74, 6) is 1.15. The maximum atomic E-state index is 14.3. The molecule has 0 saturated carbocycles. The SMILES string of the molecule is Cc1cccc(C(=O)NC[C@H](c2ccc3c(c2)OCO3)N2CCN(c3ccccc3F)CC2)c1. The first kappa shape index (κ1) is 22.2. The molecule has 2 aliphatic heterocycles. The highest BCUT2D eigenvalue weighted by atomic mass is 19.1. The molecule has 5 rings (SSSR count). The van der Waals surface area contributed by atoms with Crippen LogP contribution in [0.3, 0.4) is 0 Å². The lowest BCUT2D eigenvalue weighted by Gasteiger charge is -2.40. The zero-order chi connectivity index (χ0) is 23.5. The maximum absolute atomic E-state index is 14.3. The molecule has 0 unspecified atom stereocenters. The van der Waals surface area contributed by atoms with E-state index in [9.17, 15) is 9.18 Å². The molecule has 7 heteroatoms. The zero-order valence-corrected chi connectivity index (χ0v) is 19.2. The number of ether oxygens (including phenoxy) is 2. The quantitative estimate of drug-likeness (QED) is 0.598. The van der Waals surface area contributed by atoms with Gasteiger partial charge in [0.25, 0.3) is 5.91 Å². The van der Waals surface area contributed by atoms with E-state index in [-0.39, 0.29) is 24.6 Å². The summed E-state index contributed by atoms with van der Waals surface area (Å²) >= 11 is 0. The number of carbonyl (C=O) groups is 1. The van der Waals surface area contributed by atoms with Crippen molar-refractivity contribution in [1.82, 2.24) is 10.2 Å². The van der Waals surface area contributed by atoms with Crippen LogP contribution in [0.4, 0.5) is 10.1 Å². The first-order chi connectivity index (χ1) is 16.6. The highest BCUT2D eigenvalue weighted by Gasteiger charge is 2.28. The van der Waals surface area contributed by atoms with Gasteiger partial charge in [0.15, 0.2) is 11.5 Å². The Morgan fingerprint density at radius 1 is 0.971 bits per heavy atom. The Kier molecular flexibility index (Phi) is 6.36. The number of amides is 1. The fraction of sp³-hybridized carbons (Fsp3) is 0.296. The van der Waals surface area contributed by atoms with Gasteiger partial charge in [-0.1, -0.05) is 35.9 Å². The van der Waals surface area contributed by atoms with E-state index >= 15 is 0 Å². The van der Waals surface area contributed by atoms with Crippen LogP contribution in [0.15, 0.2) is 66.7 Å².